The third kappa shape index (κ3) is 6.16. The molecule has 2 aromatic carbocycles. The van der Waals surface area contributed by atoms with Crippen LogP contribution in [0.15, 0.2) is 48.5 Å². The summed E-state index contributed by atoms with van der Waals surface area (Å²) in [5.74, 6) is 5.47. The first kappa shape index (κ1) is 18.3. The van der Waals surface area contributed by atoms with Gasteiger partial charge >= 0.3 is 6.09 Å². The highest BCUT2D eigenvalue weighted by molar-refractivity contribution is 6.30. The number of hydrogen-bond acceptors (Lipinski definition) is 4. The van der Waals surface area contributed by atoms with Gasteiger partial charge < -0.3 is 10.1 Å². The first-order chi connectivity index (χ1) is 12.1. The quantitative estimate of drug-likeness (QED) is 0.380. The van der Waals surface area contributed by atoms with E-state index in [2.05, 4.69) is 17.2 Å². The number of hydrogen-bond donors (Lipinski definition) is 1. The van der Waals surface area contributed by atoms with Crippen LogP contribution in [0, 0.1) is 22.0 Å². The van der Waals surface area contributed by atoms with Gasteiger partial charge in [0.2, 0.25) is 0 Å². The van der Waals surface area contributed by atoms with Crippen LogP contribution in [0.4, 0.5) is 10.5 Å². The molecule has 1 amide bonds. The van der Waals surface area contributed by atoms with E-state index < -0.39 is 11.0 Å². The molecular formula is C18H15ClN2O4. The Morgan fingerprint density at radius 1 is 1.24 bits per heavy atom. The maximum Gasteiger partial charge on any atom is 0.407 e. The summed E-state index contributed by atoms with van der Waals surface area (Å²) in [7, 11) is 0. The van der Waals surface area contributed by atoms with Crippen LogP contribution in [-0.2, 0) is 11.3 Å². The molecule has 2 rings (SSSR count). The number of halogens is 1. The Morgan fingerprint density at radius 3 is 2.72 bits per heavy atom. The number of benzene rings is 2. The molecule has 25 heavy (non-hydrogen) atoms. The molecule has 1 N–H and O–H groups in total. The number of carbonyl (C=O) groups excluding carboxylic acids is 1. The molecule has 0 aliphatic rings. The number of nitrogens with zero attached hydrogens (tertiary/aromatic N) is 1. The minimum Gasteiger partial charge on any atom is -0.445 e. The summed E-state index contributed by atoms with van der Waals surface area (Å²) >= 11 is 5.82. The summed E-state index contributed by atoms with van der Waals surface area (Å²) in [5.41, 5.74) is 1.03. The zero-order valence-corrected chi connectivity index (χ0v) is 14.0. The molecule has 0 aromatic heterocycles. The molecule has 0 saturated heterocycles. The first-order valence-electron chi connectivity index (χ1n) is 7.43. The molecule has 128 valence electrons. The number of rotatable bonds is 5. The first-order valence-corrected chi connectivity index (χ1v) is 7.81. The van der Waals surface area contributed by atoms with Gasteiger partial charge in [-0.05, 0) is 17.7 Å². The SMILES string of the molecule is O=C(NCCC#Cc1cc(Cl)ccc1[N+](=O)[O-])OCc1ccccc1. The number of nitro groups is 1. The lowest BCUT2D eigenvalue weighted by Crippen LogP contribution is -2.24. The summed E-state index contributed by atoms with van der Waals surface area (Å²) in [5, 5.41) is 13.9. The zero-order chi connectivity index (χ0) is 18.1. The van der Waals surface area contributed by atoms with Crippen LogP contribution < -0.4 is 5.32 Å². The van der Waals surface area contributed by atoms with Gasteiger partial charge in [-0.25, -0.2) is 4.79 Å². The predicted octanol–water partition coefficient (Wildman–Crippen LogP) is 3.92. The number of nitro benzene ring substituents is 1. The molecular weight excluding hydrogens is 344 g/mol. The maximum atomic E-state index is 11.5. The average Bonchev–Trinajstić information content (AvgIpc) is 2.60. The van der Waals surface area contributed by atoms with Crippen LogP contribution in [0.1, 0.15) is 17.5 Å². The monoisotopic (exact) mass is 358 g/mol. The van der Waals surface area contributed by atoms with Crippen molar-refractivity contribution in [3.63, 3.8) is 0 Å². The average molecular weight is 359 g/mol. The molecule has 0 spiro atoms. The summed E-state index contributed by atoms with van der Waals surface area (Å²) < 4.78 is 5.05. The summed E-state index contributed by atoms with van der Waals surface area (Å²) in [6.45, 7) is 0.460. The van der Waals surface area contributed by atoms with Crippen molar-refractivity contribution in [1.82, 2.24) is 5.32 Å². The van der Waals surface area contributed by atoms with Crippen molar-refractivity contribution in [2.45, 2.75) is 13.0 Å². The number of ether oxygens (including phenoxy) is 1. The van der Waals surface area contributed by atoms with Gasteiger partial charge in [0.15, 0.2) is 0 Å². The Hall–Kier alpha value is -3.04. The van der Waals surface area contributed by atoms with Crippen LogP contribution in [-0.4, -0.2) is 17.6 Å². The van der Waals surface area contributed by atoms with Gasteiger partial charge in [0.1, 0.15) is 12.2 Å². The molecule has 0 aliphatic carbocycles. The van der Waals surface area contributed by atoms with Crippen LogP contribution in [0.25, 0.3) is 0 Å². The molecule has 0 bridgehead atoms. The minimum atomic E-state index is -0.542. The zero-order valence-electron chi connectivity index (χ0n) is 13.2. The molecule has 2 aromatic rings. The van der Waals surface area contributed by atoms with E-state index >= 15 is 0 Å². The predicted molar refractivity (Wildman–Crippen MR) is 94.2 cm³/mol. The van der Waals surface area contributed by atoms with E-state index in [9.17, 15) is 14.9 Å². The second-order valence-electron chi connectivity index (χ2n) is 4.96. The van der Waals surface area contributed by atoms with Crippen LogP contribution in [0.5, 0.6) is 0 Å². The van der Waals surface area contributed by atoms with Crippen molar-refractivity contribution in [2.24, 2.45) is 0 Å². The van der Waals surface area contributed by atoms with Gasteiger partial charge in [0.25, 0.3) is 5.69 Å². The maximum absolute atomic E-state index is 11.5. The van der Waals surface area contributed by atoms with Gasteiger partial charge in [-0.3, -0.25) is 10.1 Å². The van der Waals surface area contributed by atoms with Crippen molar-refractivity contribution in [3.8, 4) is 11.8 Å². The van der Waals surface area contributed by atoms with Crippen molar-refractivity contribution in [1.29, 1.82) is 0 Å². The molecule has 0 saturated carbocycles. The lowest BCUT2D eigenvalue weighted by Gasteiger charge is -2.05. The fourth-order valence-electron chi connectivity index (χ4n) is 1.93. The molecule has 7 heteroatoms. The van der Waals surface area contributed by atoms with Crippen LogP contribution in [0.2, 0.25) is 5.02 Å². The highest BCUT2D eigenvalue weighted by Gasteiger charge is 2.11. The Labute approximate surface area is 149 Å². The number of carbonyl (C=O) groups is 1. The number of amides is 1. The van der Waals surface area contributed by atoms with Gasteiger partial charge in [-0.15, -0.1) is 0 Å². The Balaban J connectivity index is 1.78. The highest BCUT2D eigenvalue weighted by Crippen LogP contribution is 2.21. The van der Waals surface area contributed by atoms with Gasteiger partial charge in [-0.2, -0.15) is 0 Å². The summed E-state index contributed by atoms with van der Waals surface area (Å²) in [6.07, 6.45) is -0.219. The third-order valence-electron chi connectivity index (χ3n) is 3.11. The van der Waals surface area contributed by atoms with Gasteiger partial charge in [0, 0.05) is 24.1 Å². The Bertz CT molecular complexity index is 813. The topological polar surface area (TPSA) is 81.5 Å². The van der Waals surface area contributed by atoms with E-state index in [1.807, 2.05) is 30.3 Å². The second kappa shape index (κ2) is 9.30. The molecule has 0 aliphatic heterocycles. The van der Waals surface area contributed by atoms with Gasteiger partial charge in [-0.1, -0.05) is 53.8 Å². The fourth-order valence-corrected chi connectivity index (χ4v) is 2.10. The van der Waals surface area contributed by atoms with E-state index in [1.165, 1.54) is 18.2 Å². The molecule has 0 unspecified atom stereocenters. The van der Waals surface area contributed by atoms with E-state index in [0.29, 0.717) is 11.4 Å². The van der Waals surface area contributed by atoms with E-state index in [1.54, 1.807) is 0 Å². The fraction of sp³-hybridized carbons (Fsp3) is 0.167. The lowest BCUT2D eigenvalue weighted by atomic mass is 10.2. The van der Waals surface area contributed by atoms with Crippen molar-refractivity contribution in [2.75, 3.05) is 6.54 Å². The van der Waals surface area contributed by atoms with Crippen LogP contribution in [0.3, 0.4) is 0 Å². The van der Waals surface area contributed by atoms with Crippen molar-refractivity contribution >= 4 is 23.4 Å². The normalized spacial score (nSPS) is 9.64. The number of alkyl carbamates (subject to hydrolysis) is 1. The molecule has 0 heterocycles. The largest absolute Gasteiger partial charge is 0.445 e. The minimum absolute atomic E-state index is 0.105. The smallest absolute Gasteiger partial charge is 0.407 e. The van der Waals surface area contributed by atoms with E-state index in [4.69, 9.17) is 16.3 Å². The summed E-state index contributed by atoms with van der Waals surface area (Å²) in [6, 6.07) is 13.5. The molecule has 6 nitrogen and oxygen atoms in total. The Morgan fingerprint density at radius 2 is 2.00 bits per heavy atom. The Kier molecular flexibility index (Phi) is 6.81. The van der Waals surface area contributed by atoms with Crippen molar-refractivity contribution in [3.05, 3.63) is 74.8 Å². The molecule has 0 fully saturated rings. The molecule has 0 radical (unpaired) electrons. The standard InChI is InChI=1S/C18H15ClN2O4/c19-16-9-10-17(21(23)24)15(12-16)8-4-5-11-20-18(22)25-13-14-6-2-1-3-7-14/h1-3,6-7,9-10,12H,5,11,13H2,(H,20,22). The second-order valence-corrected chi connectivity index (χ2v) is 5.40. The highest BCUT2D eigenvalue weighted by atomic mass is 35.5. The third-order valence-corrected chi connectivity index (χ3v) is 3.35. The van der Waals surface area contributed by atoms with E-state index in [0.717, 1.165) is 5.56 Å². The van der Waals surface area contributed by atoms with E-state index in [-0.39, 0.29) is 24.4 Å². The lowest BCUT2D eigenvalue weighted by molar-refractivity contribution is -0.385. The summed E-state index contributed by atoms with van der Waals surface area (Å²) in [4.78, 5) is 22.0. The van der Waals surface area contributed by atoms with Gasteiger partial charge in [0.05, 0.1) is 4.92 Å². The molecule has 0 atom stereocenters. The van der Waals surface area contributed by atoms with Crippen molar-refractivity contribution < 1.29 is 14.5 Å². The van der Waals surface area contributed by atoms with Crippen LogP contribution >= 0.6 is 11.6 Å². The number of nitrogens with one attached hydrogen (secondary N) is 1.